The second kappa shape index (κ2) is 7.14. The molecule has 0 bridgehead atoms. The largest absolute Gasteiger partial charge is 0.480 e. The summed E-state index contributed by atoms with van der Waals surface area (Å²) >= 11 is 0. The van der Waals surface area contributed by atoms with Gasteiger partial charge in [-0.05, 0) is 17.7 Å². The molecule has 3 rings (SSSR count). The quantitative estimate of drug-likeness (QED) is 0.792. The molecule has 2 amide bonds. The van der Waals surface area contributed by atoms with E-state index in [1.165, 1.54) is 12.3 Å². The molecule has 0 saturated carbocycles. The first kappa shape index (κ1) is 17.3. The van der Waals surface area contributed by atoms with Crippen molar-refractivity contribution in [3.05, 3.63) is 53.8 Å². The first-order valence-corrected chi connectivity index (χ1v) is 7.67. The summed E-state index contributed by atoms with van der Waals surface area (Å²) < 4.78 is 14.3. The maximum absolute atomic E-state index is 14.3. The lowest BCUT2D eigenvalue weighted by molar-refractivity contribution is -0.136. The Morgan fingerprint density at radius 3 is 2.65 bits per heavy atom. The monoisotopic (exact) mass is 355 g/mol. The van der Waals surface area contributed by atoms with E-state index in [9.17, 15) is 18.8 Å². The van der Waals surface area contributed by atoms with Gasteiger partial charge in [-0.1, -0.05) is 30.3 Å². The number of aliphatic imine (C=N–C) groups is 1. The molecular formula is C18H14FN3O4. The van der Waals surface area contributed by atoms with Gasteiger partial charge in [0.2, 0.25) is 12.6 Å². The van der Waals surface area contributed by atoms with Crippen LogP contribution in [0.5, 0.6) is 0 Å². The van der Waals surface area contributed by atoms with Crippen LogP contribution in [-0.4, -0.2) is 42.3 Å². The van der Waals surface area contributed by atoms with Gasteiger partial charge in [0.15, 0.2) is 0 Å². The van der Waals surface area contributed by atoms with E-state index < -0.39 is 30.4 Å². The number of fused-ring (bicyclic) bond motifs is 1. The van der Waals surface area contributed by atoms with Crippen LogP contribution in [0.2, 0.25) is 0 Å². The van der Waals surface area contributed by atoms with Gasteiger partial charge >= 0.3 is 5.97 Å². The van der Waals surface area contributed by atoms with Crippen LogP contribution in [-0.2, 0) is 14.4 Å². The number of benzene rings is 2. The van der Waals surface area contributed by atoms with Crippen molar-refractivity contribution in [2.24, 2.45) is 4.99 Å². The summed E-state index contributed by atoms with van der Waals surface area (Å²) in [5.41, 5.74) is 1.42. The lowest BCUT2D eigenvalue weighted by atomic mass is 9.98. The van der Waals surface area contributed by atoms with E-state index in [0.29, 0.717) is 23.1 Å². The van der Waals surface area contributed by atoms with Gasteiger partial charge in [0, 0.05) is 17.3 Å². The van der Waals surface area contributed by atoms with Gasteiger partial charge in [-0.15, -0.1) is 0 Å². The molecule has 8 heteroatoms. The lowest BCUT2D eigenvalue weighted by Gasteiger charge is -2.24. The van der Waals surface area contributed by atoms with Crippen molar-refractivity contribution >= 4 is 30.2 Å². The molecule has 2 aromatic carbocycles. The van der Waals surface area contributed by atoms with E-state index in [0.717, 1.165) is 4.90 Å². The summed E-state index contributed by atoms with van der Waals surface area (Å²) in [6.45, 7) is -0.618. The second-order valence-electron chi connectivity index (χ2n) is 5.50. The predicted octanol–water partition coefficient (Wildman–Crippen LogP) is 1.41. The number of carbonyl (C=O) groups is 3. The number of nitrogens with one attached hydrogen (secondary N) is 1. The first-order chi connectivity index (χ1) is 12.5. The zero-order valence-electron chi connectivity index (χ0n) is 13.4. The highest BCUT2D eigenvalue weighted by molar-refractivity contribution is 6.10. The van der Waals surface area contributed by atoms with Gasteiger partial charge in [-0.25, -0.2) is 4.39 Å². The molecule has 2 N–H and O–H groups in total. The minimum atomic E-state index is -1.26. The molecule has 2 aromatic rings. The number of rotatable bonds is 5. The number of amides is 2. The summed E-state index contributed by atoms with van der Waals surface area (Å²) in [7, 11) is 0. The molecule has 0 fully saturated rings. The molecule has 1 heterocycles. The molecular weight excluding hydrogens is 341 g/mol. The van der Waals surface area contributed by atoms with E-state index in [1.807, 2.05) is 0 Å². The van der Waals surface area contributed by atoms with Crippen molar-refractivity contribution in [2.75, 3.05) is 11.4 Å². The molecule has 7 nitrogen and oxygen atoms in total. The Morgan fingerprint density at radius 1 is 1.23 bits per heavy atom. The summed E-state index contributed by atoms with van der Waals surface area (Å²) in [5.74, 6) is -2.38. The first-order valence-electron chi connectivity index (χ1n) is 7.67. The van der Waals surface area contributed by atoms with Crippen LogP contribution in [0.3, 0.4) is 0 Å². The Morgan fingerprint density at radius 2 is 1.96 bits per heavy atom. The maximum Gasteiger partial charge on any atom is 0.323 e. The molecule has 0 saturated heterocycles. The molecule has 1 aliphatic rings. The Kier molecular flexibility index (Phi) is 4.74. The lowest BCUT2D eigenvalue weighted by Crippen LogP contribution is -2.46. The number of carboxylic acids is 1. The fourth-order valence-electron chi connectivity index (χ4n) is 2.79. The molecule has 0 spiro atoms. The topological polar surface area (TPSA) is 99.1 Å². The van der Waals surface area contributed by atoms with Crippen LogP contribution in [0, 0.1) is 5.82 Å². The zero-order valence-corrected chi connectivity index (χ0v) is 13.4. The standard InChI is InChI=1S/C18H14FN3O4/c19-14-6-2-1-4-12(14)11-5-3-7-15-13(11)8-20-17(21-10-23)18(26)22(15)9-16(24)25/h1-8,10,17H,9H2,(H,21,23)(H,24,25). The van der Waals surface area contributed by atoms with Gasteiger partial charge in [0.05, 0.1) is 5.69 Å². The summed E-state index contributed by atoms with van der Waals surface area (Å²) in [4.78, 5) is 39.6. The number of benzodiazepines with no additional fused rings is 1. The van der Waals surface area contributed by atoms with E-state index in [2.05, 4.69) is 10.3 Å². The molecule has 0 aliphatic carbocycles. The average Bonchev–Trinajstić information content (AvgIpc) is 2.74. The molecule has 0 radical (unpaired) electrons. The Labute approximate surface area is 147 Å². The SMILES string of the molecule is O=CNC1N=Cc2c(-c3ccccc3F)cccc2N(CC(=O)O)C1=O. The van der Waals surface area contributed by atoms with Crippen LogP contribution in [0.15, 0.2) is 47.5 Å². The van der Waals surface area contributed by atoms with Crippen LogP contribution in [0.1, 0.15) is 5.56 Å². The Hall–Kier alpha value is -3.55. The van der Waals surface area contributed by atoms with Crippen LogP contribution in [0.4, 0.5) is 10.1 Å². The molecule has 1 atom stereocenters. The number of hydrogen-bond acceptors (Lipinski definition) is 4. The van der Waals surface area contributed by atoms with E-state index in [1.54, 1.807) is 36.4 Å². The van der Waals surface area contributed by atoms with Gasteiger partial charge in [0.1, 0.15) is 12.4 Å². The predicted molar refractivity (Wildman–Crippen MR) is 92.4 cm³/mol. The highest BCUT2D eigenvalue weighted by Crippen LogP contribution is 2.33. The van der Waals surface area contributed by atoms with Crippen LogP contribution >= 0.6 is 0 Å². The summed E-state index contributed by atoms with van der Waals surface area (Å²) in [6, 6.07) is 10.9. The maximum atomic E-state index is 14.3. The number of carboxylic acid groups (broad SMARTS) is 1. The number of nitrogens with zero attached hydrogens (tertiary/aromatic N) is 2. The van der Waals surface area contributed by atoms with Crippen LogP contribution in [0.25, 0.3) is 11.1 Å². The van der Waals surface area contributed by atoms with Crippen molar-refractivity contribution < 1.29 is 23.9 Å². The molecule has 1 aliphatic heterocycles. The number of anilines is 1. The van der Waals surface area contributed by atoms with Crippen molar-refractivity contribution in [3.63, 3.8) is 0 Å². The van der Waals surface area contributed by atoms with Crippen molar-refractivity contribution in [3.8, 4) is 11.1 Å². The second-order valence-corrected chi connectivity index (χ2v) is 5.50. The Bertz CT molecular complexity index is 913. The minimum absolute atomic E-state index is 0.275. The third-order valence-corrected chi connectivity index (χ3v) is 3.91. The number of hydrogen-bond donors (Lipinski definition) is 2. The smallest absolute Gasteiger partial charge is 0.323 e. The highest BCUT2D eigenvalue weighted by atomic mass is 19.1. The highest BCUT2D eigenvalue weighted by Gasteiger charge is 2.31. The van der Waals surface area contributed by atoms with E-state index in [-0.39, 0.29) is 5.69 Å². The molecule has 132 valence electrons. The van der Waals surface area contributed by atoms with E-state index in [4.69, 9.17) is 5.11 Å². The number of aliphatic carboxylic acids is 1. The minimum Gasteiger partial charge on any atom is -0.480 e. The Balaban J connectivity index is 2.21. The number of halogens is 1. The summed E-state index contributed by atoms with van der Waals surface area (Å²) in [6.07, 6.45) is 0.401. The molecule has 1 unspecified atom stereocenters. The van der Waals surface area contributed by atoms with Crippen molar-refractivity contribution in [2.45, 2.75) is 6.17 Å². The fourth-order valence-corrected chi connectivity index (χ4v) is 2.79. The van der Waals surface area contributed by atoms with Gasteiger partial charge in [-0.3, -0.25) is 24.3 Å². The normalized spacial score (nSPS) is 16.0. The van der Waals surface area contributed by atoms with Crippen molar-refractivity contribution in [1.82, 2.24) is 5.32 Å². The summed E-state index contributed by atoms with van der Waals surface area (Å²) in [5, 5.41) is 11.4. The third kappa shape index (κ3) is 3.16. The zero-order chi connectivity index (χ0) is 18.7. The molecule has 0 aromatic heterocycles. The van der Waals surface area contributed by atoms with Crippen molar-refractivity contribution in [1.29, 1.82) is 0 Å². The molecule has 26 heavy (non-hydrogen) atoms. The van der Waals surface area contributed by atoms with Crippen LogP contribution < -0.4 is 10.2 Å². The third-order valence-electron chi connectivity index (χ3n) is 3.91. The van der Waals surface area contributed by atoms with Gasteiger partial charge in [0.25, 0.3) is 5.91 Å². The van der Waals surface area contributed by atoms with Gasteiger partial charge < -0.3 is 10.4 Å². The fraction of sp³-hybridized carbons (Fsp3) is 0.111. The number of carbonyl (C=O) groups excluding carboxylic acids is 2. The average molecular weight is 355 g/mol. The van der Waals surface area contributed by atoms with E-state index >= 15 is 0 Å². The van der Waals surface area contributed by atoms with Gasteiger partial charge in [-0.2, -0.15) is 0 Å².